The number of quaternary nitrogens is 1. The van der Waals surface area contributed by atoms with Crippen LogP contribution in [0.1, 0.15) is 25.7 Å². The number of rotatable bonds is 5. The summed E-state index contributed by atoms with van der Waals surface area (Å²) in [6.07, 6.45) is 5.03. The molecule has 2 aliphatic rings. The molecular weight excluding hydrogens is 180 g/mol. The largest absolute Gasteiger partial charge is 0.372 e. The Morgan fingerprint density at radius 3 is 2.93 bits per heavy atom. The smallest absolute Gasteiger partial charge is 0.275 e. The number of nitrogens with one attached hydrogen (secondary N) is 1. The first-order valence-electron chi connectivity index (χ1n) is 5.57. The molecule has 1 amide bonds. The normalized spacial score (nSPS) is 26.4. The minimum atomic E-state index is 0.172. The highest BCUT2D eigenvalue weighted by Crippen LogP contribution is 2.17. The Hall–Kier alpha value is -0.610. The minimum absolute atomic E-state index is 0.172. The molecule has 1 atom stereocenters. The monoisotopic (exact) mass is 199 g/mol. The van der Waals surface area contributed by atoms with E-state index in [0.717, 1.165) is 32.4 Å². The number of carbonyl (C=O) groups is 1. The molecule has 1 heterocycles. The number of carbonyl (C=O) groups excluding carboxylic acids is 1. The first-order chi connectivity index (χ1) is 6.84. The Balaban J connectivity index is 1.50. The molecule has 0 bridgehead atoms. The van der Waals surface area contributed by atoms with Crippen LogP contribution in [0.3, 0.4) is 0 Å². The molecule has 4 nitrogen and oxygen atoms in total. The molecule has 1 saturated heterocycles. The fourth-order valence-corrected chi connectivity index (χ4v) is 1.74. The molecule has 0 radical (unpaired) electrons. The summed E-state index contributed by atoms with van der Waals surface area (Å²) in [7, 11) is 0. The lowest BCUT2D eigenvalue weighted by Crippen LogP contribution is -2.88. The summed E-state index contributed by atoms with van der Waals surface area (Å²) in [4.78, 5) is 11.3. The van der Waals surface area contributed by atoms with Crippen LogP contribution < -0.4 is 10.6 Å². The third-order valence-electron chi connectivity index (χ3n) is 2.73. The second kappa shape index (κ2) is 4.75. The van der Waals surface area contributed by atoms with Gasteiger partial charge in [0.1, 0.15) is 12.6 Å². The summed E-state index contributed by atoms with van der Waals surface area (Å²) in [5.41, 5.74) is 0. The van der Waals surface area contributed by atoms with Crippen molar-refractivity contribution in [1.29, 1.82) is 0 Å². The maximum Gasteiger partial charge on any atom is 0.275 e. The topological polar surface area (TPSA) is 54.9 Å². The van der Waals surface area contributed by atoms with Gasteiger partial charge in [0.05, 0.1) is 0 Å². The molecule has 1 saturated carbocycles. The van der Waals surface area contributed by atoms with E-state index in [0.29, 0.717) is 18.7 Å². The predicted molar refractivity (Wildman–Crippen MR) is 51.8 cm³/mol. The molecule has 0 spiro atoms. The van der Waals surface area contributed by atoms with Crippen molar-refractivity contribution < 1.29 is 14.8 Å². The van der Waals surface area contributed by atoms with Gasteiger partial charge in [-0.15, -0.1) is 0 Å². The van der Waals surface area contributed by atoms with E-state index in [1.807, 2.05) is 5.32 Å². The molecule has 0 unspecified atom stereocenters. The Bertz CT molecular complexity index is 198. The molecule has 3 N–H and O–H groups in total. The van der Waals surface area contributed by atoms with E-state index in [-0.39, 0.29) is 5.91 Å². The Kier molecular flexibility index (Phi) is 3.37. The summed E-state index contributed by atoms with van der Waals surface area (Å²) in [5.74, 6) is 0.172. The summed E-state index contributed by atoms with van der Waals surface area (Å²) >= 11 is 0. The molecule has 2 fully saturated rings. The van der Waals surface area contributed by atoms with Gasteiger partial charge in [0, 0.05) is 12.6 Å². The van der Waals surface area contributed by atoms with E-state index >= 15 is 0 Å². The SMILES string of the molecule is O=C(C[NH2+]C[C@H]1CCCO1)NC1CC1. The average Bonchev–Trinajstić information content (AvgIpc) is 2.82. The first-order valence-corrected chi connectivity index (χ1v) is 5.57. The molecule has 0 aromatic heterocycles. The lowest BCUT2D eigenvalue weighted by atomic mass is 10.2. The van der Waals surface area contributed by atoms with Gasteiger partial charge >= 0.3 is 0 Å². The standard InChI is InChI=1S/C10H18N2O2/c13-10(12-8-3-4-8)7-11-6-9-2-1-5-14-9/h8-9,11H,1-7H2,(H,12,13)/p+1/t9-/m1/s1. The van der Waals surface area contributed by atoms with Gasteiger partial charge in [-0.2, -0.15) is 0 Å². The van der Waals surface area contributed by atoms with Gasteiger partial charge in [0.2, 0.25) is 0 Å². The zero-order valence-electron chi connectivity index (χ0n) is 8.50. The molecule has 80 valence electrons. The van der Waals surface area contributed by atoms with Crippen molar-refractivity contribution in [2.75, 3.05) is 19.7 Å². The van der Waals surface area contributed by atoms with Gasteiger partial charge in [0.15, 0.2) is 6.54 Å². The van der Waals surface area contributed by atoms with E-state index < -0.39 is 0 Å². The summed E-state index contributed by atoms with van der Waals surface area (Å²) in [6.45, 7) is 2.38. The van der Waals surface area contributed by atoms with Crippen molar-refractivity contribution in [2.24, 2.45) is 0 Å². The highest BCUT2D eigenvalue weighted by atomic mass is 16.5. The fourth-order valence-electron chi connectivity index (χ4n) is 1.74. The molecule has 1 aliphatic heterocycles. The predicted octanol–water partition coefficient (Wildman–Crippen LogP) is -0.993. The zero-order chi connectivity index (χ0) is 9.80. The summed E-state index contributed by atoms with van der Waals surface area (Å²) in [5, 5.41) is 5.02. The second-order valence-electron chi connectivity index (χ2n) is 4.21. The van der Waals surface area contributed by atoms with Crippen molar-refractivity contribution in [3.63, 3.8) is 0 Å². The maximum atomic E-state index is 11.3. The van der Waals surface area contributed by atoms with Gasteiger partial charge in [-0.25, -0.2) is 0 Å². The molecule has 0 aromatic carbocycles. The van der Waals surface area contributed by atoms with Crippen LogP contribution in [0.25, 0.3) is 0 Å². The molecule has 4 heteroatoms. The average molecular weight is 199 g/mol. The Labute approximate surface area is 84.4 Å². The van der Waals surface area contributed by atoms with Crippen molar-refractivity contribution in [2.45, 2.75) is 37.8 Å². The van der Waals surface area contributed by atoms with Crippen LogP contribution >= 0.6 is 0 Å². The maximum absolute atomic E-state index is 11.3. The van der Waals surface area contributed by atoms with Crippen molar-refractivity contribution in [3.05, 3.63) is 0 Å². The number of hydrogen-bond donors (Lipinski definition) is 2. The van der Waals surface area contributed by atoms with E-state index in [2.05, 4.69) is 5.32 Å². The number of amides is 1. The highest BCUT2D eigenvalue weighted by Gasteiger charge is 2.24. The van der Waals surface area contributed by atoms with Gasteiger partial charge in [-0.05, 0) is 25.7 Å². The first kappa shape index (κ1) is 9.93. The van der Waals surface area contributed by atoms with Crippen LogP contribution in [0.5, 0.6) is 0 Å². The molecule has 1 aliphatic carbocycles. The van der Waals surface area contributed by atoms with E-state index in [1.54, 1.807) is 0 Å². The van der Waals surface area contributed by atoms with Crippen LogP contribution in [0, 0.1) is 0 Å². The minimum Gasteiger partial charge on any atom is -0.372 e. The van der Waals surface area contributed by atoms with Crippen LogP contribution in [-0.4, -0.2) is 37.7 Å². The van der Waals surface area contributed by atoms with Crippen LogP contribution in [0.4, 0.5) is 0 Å². The van der Waals surface area contributed by atoms with E-state index in [4.69, 9.17) is 4.74 Å². The van der Waals surface area contributed by atoms with Crippen molar-refractivity contribution in [3.8, 4) is 0 Å². The Morgan fingerprint density at radius 1 is 1.43 bits per heavy atom. The summed E-state index contributed by atoms with van der Waals surface area (Å²) < 4.78 is 5.47. The molecule has 14 heavy (non-hydrogen) atoms. The van der Waals surface area contributed by atoms with E-state index in [1.165, 1.54) is 6.42 Å². The number of ether oxygens (including phenoxy) is 1. The Morgan fingerprint density at radius 2 is 2.29 bits per heavy atom. The molecular formula is C10H19N2O2+. The molecule has 2 rings (SSSR count). The van der Waals surface area contributed by atoms with Crippen molar-refractivity contribution in [1.82, 2.24) is 5.32 Å². The van der Waals surface area contributed by atoms with Crippen LogP contribution in [-0.2, 0) is 9.53 Å². The summed E-state index contributed by atoms with van der Waals surface area (Å²) in [6, 6.07) is 0.485. The fraction of sp³-hybridized carbons (Fsp3) is 0.900. The van der Waals surface area contributed by atoms with Crippen LogP contribution in [0.15, 0.2) is 0 Å². The quantitative estimate of drug-likeness (QED) is 0.597. The lowest BCUT2D eigenvalue weighted by molar-refractivity contribution is -0.650. The third kappa shape index (κ3) is 3.27. The van der Waals surface area contributed by atoms with Crippen LogP contribution in [0.2, 0.25) is 0 Å². The molecule has 0 aromatic rings. The second-order valence-corrected chi connectivity index (χ2v) is 4.21. The van der Waals surface area contributed by atoms with E-state index in [9.17, 15) is 4.79 Å². The van der Waals surface area contributed by atoms with Gasteiger partial charge in [-0.3, -0.25) is 4.79 Å². The number of hydrogen-bond acceptors (Lipinski definition) is 2. The van der Waals surface area contributed by atoms with Gasteiger partial charge in [-0.1, -0.05) is 0 Å². The zero-order valence-corrected chi connectivity index (χ0v) is 8.50. The third-order valence-corrected chi connectivity index (χ3v) is 2.73. The van der Waals surface area contributed by atoms with Crippen molar-refractivity contribution >= 4 is 5.91 Å². The lowest BCUT2D eigenvalue weighted by Gasteiger charge is -2.07. The van der Waals surface area contributed by atoms with Gasteiger partial charge < -0.3 is 15.4 Å². The highest BCUT2D eigenvalue weighted by molar-refractivity contribution is 5.77. The van der Waals surface area contributed by atoms with Gasteiger partial charge in [0.25, 0.3) is 5.91 Å². The number of nitrogens with two attached hydrogens (primary N) is 1.